The Morgan fingerprint density at radius 3 is 2.59 bits per heavy atom. The van der Waals surface area contributed by atoms with Crippen molar-refractivity contribution < 1.29 is 14.3 Å². The zero-order chi connectivity index (χ0) is 18.8. The predicted molar refractivity (Wildman–Crippen MR) is 106 cm³/mol. The molecule has 0 aliphatic carbocycles. The normalized spacial score (nSPS) is 12.8. The molecule has 0 unspecified atom stereocenters. The number of anilines is 2. The fourth-order valence-corrected chi connectivity index (χ4v) is 3.81. The molecule has 1 aromatic carbocycles. The number of ether oxygens (including phenoxy) is 2. The Bertz CT molecular complexity index is 924. The molecule has 4 rings (SSSR count). The number of hydrogen-bond acceptors (Lipinski definition) is 7. The van der Waals surface area contributed by atoms with Crippen molar-refractivity contribution in [3.8, 4) is 11.5 Å². The lowest BCUT2D eigenvalue weighted by Crippen LogP contribution is -2.23. The molecule has 2 aromatic heterocycles. The van der Waals surface area contributed by atoms with Crippen LogP contribution in [0.15, 0.2) is 30.5 Å². The summed E-state index contributed by atoms with van der Waals surface area (Å²) in [6, 6.07) is 7.39. The number of aromatic nitrogens is 2. The molecule has 0 radical (unpaired) electrons. The molecule has 1 aliphatic rings. The lowest BCUT2D eigenvalue weighted by atomic mass is 10.2. The first kappa shape index (κ1) is 17.5. The van der Waals surface area contributed by atoms with Gasteiger partial charge in [-0.05, 0) is 26.0 Å². The van der Waals surface area contributed by atoms with Crippen molar-refractivity contribution in [2.24, 2.45) is 0 Å². The van der Waals surface area contributed by atoms with E-state index in [-0.39, 0.29) is 5.91 Å². The van der Waals surface area contributed by atoms with E-state index in [9.17, 15) is 4.79 Å². The van der Waals surface area contributed by atoms with Gasteiger partial charge in [0, 0.05) is 31.4 Å². The van der Waals surface area contributed by atoms with E-state index in [0.29, 0.717) is 35.4 Å². The van der Waals surface area contributed by atoms with Crippen LogP contribution in [-0.2, 0) is 0 Å². The Balaban J connectivity index is 1.52. The molecule has 0 saturated carbocycles. The van der Waals surface area contributed by atoms with Gasteiger partial charge in [-0.2, -0.15) is 0 Å². The first-order chi connectivity index (χ1) is 13.2. The van der Waals surface area contributed by atoms with Crippen LogP contribution >= 0.6 is 11.3 Å². The molecule has 0 saturated heterocycles. The second-order valence-corrected chi connectivity index (χ2v) is 7.04. The van der Waals surface area contributed by atoms with Crippen molar-refractivity contribution in [1.82, 2.24) is 9.97 Å². The van der Waals surface area contributed by atoms with Gasteiger partial charge in [0.05, 0.1) is 15.8 Å². The number of nitrogens with zero attached hydrogens (tertiary/aromatic N) is 3. The van der Waals surface area contributed by atoms with Crippen molar-refractivity contribution in [1.29, 1.82) is 0 Å². The highest BCUT2D eigenvalue weighted by Gasteiger charge is 2.16. The van der Waals surface area contributed by atoms with Crippen LogP contribution in [0.1, 0.15) is 24.2 Å². The quantitative estimate of drug-likeness (QED) is 0.725. The van der Waals surface area contributed by atoms with E-state index in [1.165, 1.54) is 11.3 Å². The van der Waals surface area contributed by atoms with Crippen LogP contribution in [0.25, 0.3) is 10.2 Å². The van der Waals surface area contributed by atoms with Gasteiger partial charge in [-0.25, -0.2) is 9.97 Å². The summed E-state index contributed by atoms with van der Waals surface area (Å²) >= 11 is 1.40. The molecule has 1 N–H and O–H groups in total. The number of amides is 1. The SMILES string of the molecule is CCN(CC)c1ccc(C(=O)Nc2nc3cc4c(cc3s2)OCCO4)cn1. The molecule has 3 aromatic rings. The molecule has 1 amide bonds. The smallest absolute Gasteiger partial charge is 0.259 e. The van der Waals surface area contributed by atoms with Crippen molar-refractivity contribution in [3.63, 3.8) is 0 Å². The minimum Gasteiger partial charge on any atom is -0.486 e. The fraction of sp³-hybridized carbons (Fsp3) is 0.316. The number of pyridine rings is 1. The summed E-state index contributed by atoms with van der Waals surface area (Å²) in [6.45, 7) is 6.97. The molecule has 0 fully saturated rings. The summed E-state index contributed by atoms with van der Waals surface area (Å²) in [5.41, 5.74) is 1.27. The molecule has 1 aliphatic heterocycles. The number of carbonyl (C=O) groups is 1. The maximum atomic E-state index is 12.5. The zero-order valence-electron chi connectivity index (χ0n) is 15.2. The third-order valence-electron chi connectivity index (χ3n) is 4.37. The van der Waals surface area contributed by atoms with E-state index in [1.54, 1.807) is 12.3 Å². The lowest BCUT2D eigenvalue weighted by molar-refractivity contribution is 0.102. The average molecular weight is 384 g/mol. The minimum atomic E-state index is -0.232. The third kappa shape index (κ3) is 3.52. The maximum absolute atomic E-state index is 12.5. The molecular weight excluding hydrogens is 364 g/mol. The van der Waals surface area contributed by atoms with Crippen LogP contribution in [0, 0.1) is 0 Å². The molecule has 7 nitrogen and oxygen atoms in total. The molecular formula is C19H20N4O3S. The highest BCUT2D eigenvalue weighted by Crippen LogP contribution is 2.37. The van der Waals surface area contributed by atoms with Crippen LogP contribution < -0.4 is 19.7 Å². The van der Waals surface area contributed by atoms with Gasteiger partial charge in [0.1, 0.15) is 19.0 Å². The van der Waals surface area contributed by atoms with E-state index in [2.05, 4.69) is 34.0 Å². The molecule has 140 valence electrons. The third-order valence-corrected chi connectivity index (χ3v) is 5.30. The van der Waals surface area contributed by atoms with E-state index >= 15 is 0 Å². The Morgan fingerprint density at radius 2 is 1.93 bits per heavy atom. The summed E-state index contributed by atoms with van der Waals surface area (Å²) in [7, 11) is 0. The summed E-state index contributed by atoms with van der Waals surface area (Å²) < 4.78 is 12.1. The summed E-state index contributed by atoms with van der Waals surface area (Å²) in [5, 5.41) is 3.38. The van der Waals surface area contributed by atoms with E-state index < -0.39 is 0 Å². The summed E-state index contributed by atoms with van der Waals surface area (Å²) in [4.78, 5) is 23.5. The van der Waals surface area contributed by atoms with Crippen LogP contribution in [0.2, 0.25) is 0 Å². The number of fused-ring (bicyclic) bond motifs is 2. The number of thiazole rings is 1. The van der Waals surface area contributed by atoms with Crippen molar-refractivity contribution in [3.05, 3.63) is 36.0 Å². The molecule has 3 heterocycles. The Hall–Kier alpha value is -2.87. The lowest BCUT2D eigenvalue weighted by Gasteiger charge is -2.19. The highest BCUT2D eigenvalue weighted by atomic mass is 32.1. The van der Waals surface area contributed by atoms with E-state index in [1.807, 2.05) is 18.2 Å². The van der Waals surface area contributed by atoms with E-state index in [4.69, 9.17) is 9.47 Å². The monoisotopic (exact) mass is 384 g/mol. The topological polar surface area (TPSA) is 76.6 Å². The standard InChI is InChI=1S/C19H20N4O3S/c1-3-23(4-2)17-6-5-12(11-20-17)18(24)22-19-21-13-9-14-15(10-16(13)27-19)26-8-7-25-14/h5-6,9-11H,3-4,7-8H2,1-2H3,(H,21,22,24). The first-order valence-electron chi connectivity index (χ1n) is 8.90. The number of hydrogen-bond donors (Lipinski definition) is 1. The van der Waals surface area contributed by atoms with Gasteiger partial charge in [0.25, 0.3) is 5.91 Å². The van der Waals surface area contributed by atoms with Gasteiger partial charge >= 0.3 is 0 Å². The minimum absolute atomic E-state index is 0.232. The Kier molecular flexibility index (Phi) is 4.81. The van der Waals surface area contributed by atoms with Gasteiger partial charge in [-0.1, -0.05) is 11.3 Å². The van der Waals surface area contributed by atoms with Crippen LogP contribution in [0.4, 0.5) is 10.9 Å². The second kappa shape index (κ2) is 7.40. The van der Waals surface area contributed by atoms with Crippen LogP contribution in [0.3, 0.4) is 0 Å². The zero-order valence-corrected chi connectivity index (χ0v) is 16.0. The largest absolute Gasteiger partial charge is 0.486 e. The summed E-state index contributed by atoms with van der Waals surface area (Å²) in [5.74, 6) is 2.03. The van der Waals surface area contributed by atoms with Crippen molar-refractivity contribution >= 4 is 38.4 Å². The van der Waals surface area contributed by atoms with Gasteiger partial charge in [-0.3, -0.25) is 10.1 Å². The molecule has 8 heteroatoms. The van der Waals surface area contributed by atoms with Gasteiger partial charge in [-0.15, -0.1) is 0 Å². The molecule has 0 atom stereocenters. The maximum Gasteiger partial charge on any atom is 0.259 e. The number of benzene rings is 1. The molecule has 0 bridgehead atoms. The molecule has 0 spiro atoms. The van der Waals surface area contributed by atoms with Crippen molar-refractivity contribution in [2.75, 3.05) is 36.5 Å². The summed E-state index contributed by atoms with van der Waals surface area (Å²) in [6.07, 6.45) is 1.59. The van der Waals surface area contributed by atoms with Crippen LogP contribution in [-0.4, -0.2) is 42.2 Å². The number of nitrogens with one attached hydrogen (secondary N) is 1. The molecule has 27 heavy (non-hydrogen) atoms. The number of rotatable bonds is 5. The highest BCUT2D eigenvalue weighted by molar-refractivity contribution is 7.22. The van der Waals surface area contributed by atoms with Gasteiger partial charge < -0.3 is 14.4 Å². The average Bonchev–Trinajstić information content (AvgIpc) is 3.08. The second-order valence-electron chi connectivity index (χ2n) is 6.01. The fourth-order valence-electron chi connectivity index (χ4n) is 2.94. The van der Waals surface area contributed by atoms with Crippen LogP contribution in [0.5, 0.6) is 11.5 Å². The first-order valence-corrected chi connectivity index (χ1v) is 9.72. The number of carbonyl (C=O) groups excluding carboxylic acids is 1. The Labute approximate surface area is 160 Å². The van der Waals surface area contributed by atoms with Crippen molar-refractivity contribution in [2.45, 2.75) is 13.8 Å². The van der Waals surface area contributed by atoms with Gasteiger partial charge in [0.15, 0.2) is 16.6 Å². The van der Waals surface area contributed by atoms with E-state index in [0.717, 1.165) is 29.1 Å². The Morgan fingerprint density at radius 1 is 1.19 bits per heavy atom. The predicted octanol–water partition coefficient (Wildman–Crippen LogP) is 3.56. The van der Waals surface area contributed by atoms with Gasteiger partial charge in [0.2, 0.25) is 0 Å².